The summed E-state index contributed by atoms with van der Waals surface area (Å²) in [6.07, 6.45) is 7.50. The van der Waals surface area contributed by atoms with Gasteiger partial charge in [0, 0.05) is 30.5 Å². The van der Waals surface area contributed by atoms with Crippen LogP contribution in [0.3, 0.4) is 0 Å². The first-order valence-electron chi connectivity index (χ1n) is 6.24. The predicted octanol–water partition coefficient (Wildman–Crippen LogP) is 2.17. The molecule has 0 saturated carbocycles. The van der Waals surface area contributed by atoms with Gasteiger partial charge < -0.3 is 9.88 Å². The van der Waals surface area contributed by atoms with Crippen molar-refractivity contribution in [3.8, 4) is 5.69 Å². The molecule has 3 nitrogen and oxygen atoms in total. The van der Waals surface area contributed by atoms with Crippen LogP contribution in [0.1, 0.15) is 18.7 Å². The van der Waals surface area contributed by atoms with Crippen molar-refractivity contribution < 1.29 is 0 Å². The third kappa shape index (κ3) is 2.24. The van der Waals surface area contributed by atoms with Crippen molar-refractivity contribution in [1.82, 2.24) is 14.9 Å². The summed E-state index contributed by atoms with van der Waals surface area (Å²) in [5, 5.41) is 3.52. The monoisotopic (exact) mass is 227 g/mol. The molecular formula is C14H17N3. The lowest BCUT2D eigenvalue weighted by Crippen LogP contribution is -2.25. The zero-order chi connectivity index (χ0) is 11.5. The summed E-state index contributed by atoms with van der Waals surface area (Å²) in [6, 6.07) is 11.0. The first-order chi connectivity index (χ1) is 8.43. The first-order valence-corrected chi connectivity index (χ1v) is 6.24. The molecule has 17 heavy (non-hydrogen) atoms. The fourth-order valence-electron chi connectivity index (χ4n) is 2.46. The van der Waals surface area contributed by atoms with Crippen LogP contribution in [0.4, 0.5) is 0 Å². The Bertz CT molecular complexity index is 469. The molecular weight excluding hydrogens is 210 g/mol. The quantitative estimate of drug-likeness (QED) is 0.871. The van der Waals surface area contributed by atoms with Crippen LogP contribution in [0.5, 0.6) is 0 Å². The topological polar surface area (TPSA) is 29.9 Å². The van der Waals surface area contributed by atoms with Crippen molar-refractivity contribution in [2.75, 3.05) is 6.54 Å². The molecule has 2 aromatic rings. The van der Waals surface area contributed by atoms with Crippen molar-refractivity contribution in [3.05, 3.63) is 48.5 Å². The molecule has 2 heterocycles. The molecule has 3 heteroatoms. The molecule has 1 unspecified atom stereocenters. The second-order valence-electron chi connectivity index (χ2n) is 4.55. The van der Waals surface area contributed by atoms with Gasteiger partial charge in [0.25, 0.3) is 0 Å². The molecule has 0 amide bonds. The van der Waals surface area contributed by atoms with E-state index in [1.54, 1.807) is 0 Å². The van der Waals surface area contributed by atoms with E-state index >= 15 is 0 Å². The average Bonchev–Trinajstić information content (AvgIpc) is 3.02. The Kier molecular flexibility index (Phi) is 2.92. The third-order valence-corrected chi connectivity index (χ3v) is 3.34. The molecule has 1 aromatic heterocycles. The molecule has 3 rings (SSSR count). The van der Waals surface area contributed by atoms with E-state index in [1.807, 2.05) is 18.5 Å². The van der Waals surface area contributed by atoms with Gasteiger partial charge in [-0.25, -0.2) is 4.98 Å². The maximum atomic E-state index is 4.48. The van der Waals surface area contributed by atoms with E-state index in [0.717, 1.165) is 18.8 Å². The summed E-state index contributed by atoms with van der Waals surface area (Å²) in [5.41, 5.74) is 1.19. The molecule has 1 aliphatic heterocycles. The van der Waals surface area contributed by atoms with E-state index in [1.165, 1.54) is 18.5 Å². The highest BCUT2D eigenvalue weighted by Gasteiger charge is 2.17. The third-order valence-electron chi connectivity index (χ3n) is 3.34. The standard InChI is InChI=1S/C14H17N3/c1-2-6-13(7-3-1)17-10-9-16-14(17)11-12-5-4-8-15-12/h1-3,6-7,9-10,12,15H,4-5,8,11H2. The molecule has 1 saturated heterocycles. The number of aromatic nitrogens is 2. The number of hydrogen-bond acceptors (Lipinski definition) is 2. The molecule has 1 aromatic carbocycles. The Labute approximate surface area is 101 Å². The first kappa shape index (κ1) is 10.5. The number of nitrogens with zero attached hydrogens (tertiary/aromatic N) is 2. The van der Waals surface area contributed by atoms with Crippen LogP contribution in [0.2, 0.25) is 0 Å². The van der Waals surface area contributed by atoms with E-state index < -0.39 is 0 Å². The molecule has 0 bridgehead atoms. The Morgan fingerprint density at radius 3 is 2.94 bits per heavy atom. The van der Waals surface area contributed by atoms with Gasteiger partial charge >= 0.3 is 0 Å². The fourth-order valence-corrected chi connectivity index (χ4v) is 2.46. The number of benzene rings is 1. The van der Waals surface area contributed by atoms with Crippen molar-refractivity contribution in [2.45, 2.75) is 25.3 Å². The van der Waals surface area contributed by atoms with Gasteiger partial charge in [0.05, 0.1) is 0 Å². The van der Waals surface area contributed by atoms with Gasteiger partial charge in [-0.1, -0.05) is 18.2 Å². The molecule has 0 spiro atoms. The van der Waals surface area contributed by atoms with E-state index in [2.05, 4.69) is 39.1 Å². The number of para-hydroxylation sites is 1. The van der Waals surface area contributed by atoms with Gasteiger partial charge in [0.2, 0.25) is 0 Å². The number of rotatable bonds is 3. The molecule has 0 radical (unpaired) electrons. The van der Waals surface area contributed by atoms with Crippen LogP contribution in [0.25, 0.3) is 5.69 Å². The zero-order valence-electron chi connectivity index (χ0n) is 9.84. The SMILES string of the molecule is c1ccc(-n2ccnc2CC2CCCN2)cc1. The van der Waals surface area contributed by atoms with Crippen LogP contribution >= 0.6 is 0 Å². The molecule has 1 aliphatic rings. The molecule has 0 aliphatic carbocycles. The van der Waals surface area contributed by atoms with Crippen molar-refractivity contribution >= 4 is 0 Å². The Balaban J connectivity index is 1.84. The van der Waals surface area contributed by atoms with Gasteiger partial charge in [-0.05, 0) is 31.5 Å². The summed E-state index contributed by atoms with van der Waals surface area (Å²) in [7, 11) is 0. The van der Waals surface area contributed by atoms with E-state index in [0.29, 0.717) is 6.04 Å². The minimum absolute atomic E-state index is 0.597. The Hall–Kier alpha value is -1.61. The lowest BCUT2D eigenvalue weighted by atomic mass is 10.1. The van der Waals surface area contributed by atoms with Crippen molar-refractivity contribution in [1.29, 1.82) is 0 Å². The Morgan fingerprint density at radius 2 is 2.18 bits per heavy atom. The van der Waals surface area contributed by atoms with Gasteiger partial charge in [-0.3, -0.25) is 0 Å². The molecule has 1 atom stereocenters. The van der Waals surface area contributed by atoms with E-state index in [-0.39, 0.29) is 0 Å². The molecule has 88 valence electrons. The summed E-state index contributed by atoms with van der Waals surface area (Å²) < 4.78 is 2.18. The normalized spacial score (nSPS) is 19.6. The summed E-state index contributed by atoms with van der Waals surface area (Å²) >= 11 is 0. The summed E-state index contributed by atoms with van der Waals surface area (Å²) in [4.78, 5) is 4.48. The lowest BCUT2D eigenvalue weighted by molar-refractivity contribution is 0.581. The van der Waals surface area contributed by atoms with Crippen LogP contribution in [0.15, 0.2) is 42.7 Å². The van der Waals surface area contributed by atoms with Gasteiger partial charge in [-0.15, -0.1) is 0 Å². The van der Waals surface area contributed by atoms with Crippen LogP contribution in [-0.2, 0) is 6.42 Å². The van der Waals surface area contributed by atoms with E-state index in [4.69, 9.17) is 0 Å². The molecule has 1 N–H and O–H groups in total. The second-order valence-corrected chi connectivity index (χ2v) is 4.55. The maximum Gasteiger partial charge on any atom is 0.114 e. The Morgan fingerprint density at radius 1 is 1.29 bits per heavy atom. The van der Waals surface area contributed by atoms with Crippen LogP contribution in [-0.4, -0.2) is 22.1 Å². The zero-order valence-corrected chi connectivity index (χ0v) is 9.84. The minimum atomic E-state index is 0.597. The van der Waals surface area contributed by atoms with Gasteiger partial charge in [0.15, 0.2) is 0 Å². The minimum Gasteiger partial charge on any atom is -0.314 e. The fraction of sp³-hybridized carbons (Fsp3) is 0.357. The predicted molar refractivity (Wildman–Crippen MR) is 68.3 cm³/mol. The largest absolute Gasteiger partial charge is 0.314 e. The lowest BCUT2D eigenvalue weighted by Gasteiger charge is -2.12. The summed E-state index contributed by atoms with van der Waals surface area (Å²) in [6.45, 7) is 1.15. The van der Waals surface area contributed by atoms with E-state index in [9.17, 15) is 0 Å². The number of hydrogen-bond donors (Lipinski definition) is 1. The highest BCUT2D eigenvalue weighted by Crippen LogP contribution is 2.15. The average molecular weight is 227 g/mol. The van der Waals surface area contributed by atoms with Crippen molar-refractivity contribution in [2.24, 2.45) is 0 Å². The maximum absolute atomic E-state index is 4.48. The van der Waals surface area contributed by atoms with Crippen LogP contribution < -0.4 is 5.32 Å². The highest BCUT2D eigenvalue weighted by atomic mass is 15.1. The van der Waals surface area contributed by atoms with Gasteiger partial charge in [-0.2, -0.15) is 0 Å². The van der Waals surface area contributed by atoms with Gasteiger partial charge in [0.1, 0.15) is 5.82 Å². The smallest absolute Gasteiger partial charge is 0.114 e. The summed E-state index contributed by atoms with van der Waals surface area (Å²) in [5.74, 6) is 1.15. The number of imidazole rings is 1. The van der Waals surface area contributed by atoms with Crippen molar-refractivity contribution in [3.63, 3.8) is 0 Å². The number of nitrogens with one attached hydrogen (secondary N) is 1. The second kappa shape index (κ2) is 4.72. The highest BCUT2D eigenvalue weighted by molar-refractivity contribution is 5.32. The van der Waals surface area contributed by atoms with Crippen LogP contribution in [0, 0.1) is 0 Å². The molecule has 1 fully saturated rings.